The lowest BCUT2D eigenvalue weighted by molar-refractivity contribution is -0.136. The minimum Gasteiger partial charge on any atom is -0.346 e. The quantitative estimate of drug-likeness (QED) is 0.886. The van der Waals surface area contributed by atoms with Gasteiger partial charge in [-0.1, -0.05) is 6.07 Å². The number of nitrogens with one attached hydrogen (secondary N) is 2. The van der Waals surface area contributed by atoms with E-state index in [9.17, 15) is 9.59 Å². The average molecular weight is 354 g/mol. The molecule has 2 fully saturated rings. The van der Waals surface area contributed by atoms with Crippen LogP contribution < -0.4 is 5.32 Å². The summed E-state index contributed by atoms with van der Waals surface area (Å²) in [6, 6.07) is 5.92. The molecule has 0 radical (unpaired) electrons. The molecule has 2 amide bonds. The van der Waals surface area contributed by atoms with Gasteiger partial charge in [0, 0.05) is 24.9 Å². The Hall–Kier alpha value is -2.37. The molecule has 1 atom stereocenters. The van der Waals surface area contributed by atoms with Gasteiger partial charge in [-0.2, -0.15) is 0 Å². The van der Waals surface area contributed by atoms with Crippen molar-refractivity contribution in [3.05, 3.63) is 29.6 Å². The second-order valence-electron chi connectivity index (χ2n) is 7.75. The SMILES string of the molecule is Cc1ccc2nc(C(C)NC(=O)C3CCN(C(=O)C4CC4)CC3)[nH]c2c1. The van der Waals surface area contributed by atoms with Crippen LogP contribution in [0.25, 0.3) is 11.0 Å². The van der Waals surface area contributed by atoms with Gasteiger partial charge in [-0.25, -0.2) is 4.98 Å². The first-order valence-electron chi connectivity index (χ1n) is 9.56. The summed E-state index contributed by atoms with van der Waals surface area (Å²) in [6.07, 6.45) is 3.56. The Morgan fingerprint density at radius 3 is 2.62 bits per heavy atom. The lowest BCUT2D eigenvalue weighted by atomic mass is 9.95. The first kappa shape index (κ1) is 17.1. The Bertz CT molecular complexity index is 831. The summed E-state index contributed by atoms with van der Waals surface area (Å²) < 4.78 is 0. The van der Waals surface area contributed by atoms with Gasteiger partial charge in [0.15, 0.2) is 0 Å². The van der Waals surface area contributed by atoms with E-state index >= 15 is 0 Å². The van der Waals surface area contributed by atoms with E-state index in [4.69, 9.17) is 0 Å². The van der Waals surface area contributed by atoms with Crippen molar-refractivity contribution in [2.75, 3.05) is 13.1 Å². The summed E-state index contributed by atoms with van der Waals surface area (Å²) in [7, 11) is 0. The maximum Gasteiger partial charge on any atom is 0.225 e. The summed E-state index contributed by atoms with van der Waals surface area (Å²) in [5.74, 6) is 1.37. The lowest BCUT2D eigenvalue weighted by Gasteiger charge is -2.32. The van der Waals surface area contributed by atoms with Gasteiger partial charge in [-0.15, -0.1) is 0 Å². The summed E-state index contributed by atoms with van der Waals surface area (Å²) in [4.78, 5) is 34.6. The molecule has 1 saturated carbocycles. The van der Waals surface area contributed by atoms with Gasteiger partial charge < -0.3 is 15.2 Å². The highest BCUT2D eigenvalue weighted by molar-refractivity contribution is 5.82. The van der Waals surface area contributed by atoms with Crippen LogP contribution in [0.2, 0.25) is 0 Å². The Labute approximate surface area is 153 Å². The Morgan fingerprint density at radius 1 is 1.19 bits per heavy atom. The second-order valence-corrected chi connectivity index (χ2v) is 7.75. The van der Waals surface area contributed by atoms with Crippen molar-refractivity contribution in [2.45, 2.75) is 45.6 Å². The van der Waals surface area contributed by atoms with Crippen LogP contribution in [-0.2, 0) is 9.59 Å². The number of fused-ring (bicyclic) bond motifs is 1. The van der Waals surface area contributed by atoms with E-state index in [1.165, 1.54) is 5.56 Å². The van der Waals surface area contributed by atoms with Gasteiger partial charge in [-0.3, -0.25) is 9.59 Å². The van der Waals surface area contributed by atoms with Crippen LogP contribution in [0.3, 0.4) is 0 Å². The van der Waals surface area contributed by atoms with E-state index in [0.717, 1.165) is 42.5 Å². The summed E-state index contributed by atoms with van der Waals surface area (Å²) in [6.45, 7) is 5.40. The van der Waals surface area contributed by atoms with Crippen molar-refractivity contribution >= 4 is 22.8 Å². The van der Waals surface area contributed by atoms with E-state index in [0.29, 0.717) is 13.1 Å². The highest BCUT2D eigenvalue weighted by Gasteiger charge is 2.36. The number of hydrogen-bond acceptors (Lipinski definition) is 3. The summed E-state index contributed by atoms with van der Waals surface area (Å²) in [5.41, 5.74) is 3.09. The van der Waals surface area contributed by atoms with Gasteiger partial charge >= 0.3 is 0 Å². The molecule has 2 N–H and O–H groups in total. The Kier molecular flexibility index (Phi) is 4.42. The number of rotatable bonds is 4. The van der Waals surface area contributed by atoms with E-state index < -0.39 is 0 Å². The molecule has 2 aliphatic rings. The van der Waals surface area contributed by atoms with Crippen molar-refractivity contribution in [1.82, 2.24) is 20.2 Å². The number of H-pyrrole nitrogens is 1. The summed E-state index contributed by atoms with van der Waals surface area (Å²) >= 11 is 0. The van der Waals surface area contributed by atoms with Crippen LogP contribution in [0.1, 0.15) is 50.0 Å². The zero-order chi connectivity index (χ0) is 18.3. The maximum atomic E-state index is 12.6. The number of aryl methyl sites for hydroxylation is 1. The molecule has 6 heteroatoms. The zero-order valence-corrected chi connectivity index (χ0v) is 15.4. The molecule has 26 heavy (non-hydrogen) atoms. The maximum absolute atomic E-state index is 12.6. The third-order valence-corrected chi connectivity index (χ3v) is 5.53. The molecule has 4 rings (SSSR count). The molecule has 1 aliphatic carbocycles. The number of benzene rings is 1. The van der Waals surface area contributed by atoms with E-state index in [1.807, 2.05) is 30.9 Å². The van der Waals surface area contributed by atoms with Crippen LogP contribution in [0.5, 0.6) is 0 Å². The molecule has 1 aromatic heterocycles. The van der Waals surface area contributed by atoms with E-state index in [-0.39, 0.29) is 29.7 Å². The summed E-state index contributed by atoms with van der Waals surface area (Å²) in [5, 5.41) is 3.08. The van der Waals surface area contributed by atoms with Gasteiger partial charge in [0.1, 0.15) is 5.82 Å². The predicted molar refractivity (Wildman–Crippen MR) is 99.4 cm³/mol. The fourth-order valence-corrected chi connectivity index (χ4v) is 3.70. The number of imidazole rings is 1. The molecule has 1 saturated heterocycles. The third-order valence-electron chi connectivity index (χ3n) is 5.53. The fourth-order valence-electron chi connectivity index (χ4n) is 3.70. The number of carbonyl (C=O) groups excluding carboxylic acids is 2. The molecule has 1 aromatic carbocycles. The normalized spacial score (nSPS) is 19.5. The van der Waals surface area contributed by atoms with Gasteiger partial charge in [0.25, 0.3) is 0 Å². The van der Waals surface area contributed by atoms with Crippen molar-refractivity contribution in [2.24, 2.45) is 11.8 Å². The highest BCUT2D eigenvalue weighted by atomic mass is 16.2. The molecule has 0 spiro atoms. The first-order valence-corrected chi connectivity index (χ1v) is 9.56. The van der Waals surface area contributed by atoms with Crippen molar-refractivity contribution < 1.29 is 9.59 Å². The fraction of sp³-hybridized carbons (Fsp3) is 0.550. The molecule has 1 aliphatic heterocycles. The molecule has 1 unspecified atom stereocenters. The smallest absolute Gasteiger partial charge is 0.225 e. The Morgan fingerprint density at radius 2 is 1.92 bits per heavy atom. The number of amides is 2. The number of piperidine rings is 1. The Balaban J connectivity index is 1.34. The number of hydrogen-bond donors (Lipinski definition) is 2. The third kappa shape index (κ3) is 3.45. The number of carbonyl (C=O) groups is 2. The van der Waals surface area contributed by atoms with Crippen molar-refractivity contribution in [1.29, 1.82) is 0 Å². The highest BCUT2D eigenvalue weighted by Crippen LogP contribution is 2.32. The molecular weight excluding hydrogens is 328 g/mol. The molecule has 0 bridgehead atoms. The molecular formula is C20H26N4O2. The van der Waals surface area contributed by atoms with Crippen molar-refractivity contribution in [3.8, 4) is 0 Å². The molecule has 6 nitrogen and oxygen atoms in total. The molecule has 138 valence electrons. The van der Waals surface area contributed by atoms with Crippen LogP contribution in [-0.4, -0.2) is 39.8 Å². The van der Waals surface area contributed by atoms with Crippen molar-refractivity contribution in [3.63, 3.8) is 0 Å². The van der Waals surface area contributed by atoms with Gasteiger partial charge in [0.05, 0.1) is 17.1 Å². The van der Waals surface area contributed by atoms with Crippen LogP contribution in [0.4, 0.5) is 0 Å². The minimum absolute atomic E-state index is 0.0210. The van der Waals surface area contributed by atoms with E-state index in [1.54, 1.807) is 0 Å². The van der Waals surface area contributed by atoms with Crippen LogP contribution in [0.15, 0.2) is 18.2 Å². The first-order chi connectivity index (χ1) is 12.5. The standard InChI is InChI=1S/C20H26N4O2/c1-12-3-6-16-17(11-12)23-18(22-16)13(2)21-19(25)14-7-9-24(10-8-14)20(26)15-4-5-15/h3,6,11,13-15H,4-5,7-10H2,1-2H3,(H,21,25)(H,22,23). The number of nitrogens with zero attached hydrogens (tertiary/aromatic N) is 2. The largest absolute Gasteiger partial charge is 0.346 e. The van der Waals surface area contributed by atoms with Crippen LogP contribution in [0, 0.1) is 18.8 Å². The second kappa shape index (κ2) is 6.74. The van der Waals surface area contributed by atoms with Gasteiger partial charge in [-0.05, 0) is 57.2 Å². The molecule has 2 heterocycles. The van der Waals surface area contributed by atoms with E-state index in [2.05, 4.69) is 21.4 Å². The van der Waals surface area contributed by atoms with Crippen LogP contribution >= 0.6 is 0 Å². The number of aromatic nitrogens is 2. The molecule has 2 aromatic rings. The monoisotopic (exact) mass is 354 g/mol. The minimum atomic E-state index is -0.165. The topological polar surface area (TPSA) is 78.1 Å². The average Bonchev–Trinajstić information content (AvgIpc) is 3.40. The van der Waals surface area contributed by atoms with Gasteiger partial charge in [0.2, 0.25) is 11.8 Å². The zero-order valence-electron chi connectivity index (χ0n) is 15.4. The lowest BCUT2D eigenvalue weighted by Crippen LogP contribution is -2.44. The number of likely N-dealkylation sites (tertiary alicyclic amines) is 1. The number of aromatic amines is 1. The predicted octanol–water partition coefficient (Wildman–Crippen LogP) is 2.70.